The van der Waals surface area contributed by atoms with E-state index in [0.717, 1.165) is 35.0 Å². The summed E-state index contributed by atoms with van der Waals surface area (Å²) in [5, 5.41) is 4.31. The van der Waals surface area contributed by atoms with Crippen molar-refractivity contribution in [2.75, 3.05) is 18.0 Å². The fourth-order valence-electron chi connectivity index (χ4n) is 2.44. The Morgan fingerprint density at radius 2 is 2.00 bits per heavy atom. The van der Waals surface area contributed by atoms with Gasteiger partial charge >= 0.3 is 0 Å². The Kier molecular flexibility index (Phi) is 2.70. The summed E-state index contributed by atoms with van der Waals surface area (Å²) >= 11 is 4.64. The highest BCUT2D eigenvalue weighted by atomic mass is 32.1. The Morgan fingerprint density at radius 3 is 2.76 bits per heavy atom. The molecule has 1 saturated heterocycles. The Morgan fingerprint density at radius 1 is 1.24 bits per heavy atom. The first kappa shape index (κ1) is 10.9. The number of hydrogen-bond donors (Lipinski definition) is 1. The normalized spacial score (nSPS) is 16.7. The Bertz CT molecular complexity index is 543. The molecule has 0 amide bonds. The summed E-state index contributed by atoms with van der Waals surface area (Å²) in [6, 6.07) is 2.03. The van der Waals surface area contributed by atoms with E-state index in [4.69, 9.17) is 0 Å². The highest BCUT2D eigenvalue weighted by Crippen LogP contribution is 2.30. The van der Waals surface area contributed by atoms with Crippen LogP contribution in [0.2, 0.25) is 0 Å². The molecule has 1 fully saturated rings. The van der Waals surface area contributed by atoms with Crippen LogP contribution < -0.4 is 4.90 Å². The van der Waals surface area contributed by atoms with Gasteiger partial charge in [0.05, 0.1) is 0 Å². The number of pyridine rings is 1. The number of anilines is 1. The van der Waals surface area contributed by atoms with E-state index in [2.05, 4.69) is 34.5 Å². The molecular weight excluding hydrogens is 232 g/mol. The second kappa shape index (κ2) is 4.22. The zero-order valence-electron chi connectivity index (χ0n) is 9.93. The smallest absolute Gasteiger partial charge is 0.158 e. The quantitative estimate of drug-likeness (QED) is 0.786. The zero-order valence-corrected chi connectivity index (χ0v) is 10.8. The van der Waals surface area contributed by atoms with E-state index in [1.54, 1.807) is 6.33 Å². The molecule has 1 aliphatic heterocycles. The third-order valence-corrected chi connectivity index (χ3v) is 3.91. The highest BCUT2D eigenvalue weighted by Gasteiger charge is 2.18. The first-order valence-electron chi connectivity index (χ1n) is 6.04. The van der Waals surface area contributed by atoms with Crippen LogP contribution in [0.4, 0.5) is 5.82 Å². The maximum atomic E-state index is 4.64. The van der Waals surface area contributed by atoms with E-state index in [-0.39, 0.29) is 0 Å². The lowest BCUT2D eigenvalue weighted by atomic mass is 10.1. The summed E-state index contributed by atoms with van der Waals surface area (Å²) in [6.07, 6.45) is 5.43. The van der Waals surface area contributed by atoms with Crippen molar-refractivity contribution in [2.45, 2.75) is 31.1 Å². The summed E-state index contributed by atoms with van der Waals surface area (Å²) in [6.45, 7) is 4.25. The van der Waals surface area contributed by atoms with E-state index in [1.807, 2.05) is 10.6 Å². The van der Waals surface area contributed by atoms with E-state index in [1.165, 1.54) is 19.3 Å². The Labute approximate surface area is 106 Å². The van der Waals surface area contributed by atoms with Crippen LogP contribution in [0.1, 0.15) is 24.8 Å². The predicted molar refractivity (Wildman–Crippen MR) is 71.0 cm³/mol. The van der Waals surface area contributed by atoms with Gasteiger partial charge in [0.15, 0.2) is 5.65 Å². The van der Waals surface area contributed by atoms with Crippen molar-refractivity contribution in [2.24, 2.45) is 0 Å². The summed E-state index contributed by atoms with van der Waals surface area (Å²) in [4.78, 5) is 7.66. The van der Waals surface area contributed by atoms with Crippen LogP contribution in [-0.4, -0.2) is 27.7 Å². The van der Waals surface area contributed by atoms with Gasteiger partial charge in [0.2, 0.25) is 0 Å². The Balaban J connectivity index is 2.18. The van der Waals surface area contributed by atoms with Crippen molar-refractivity contribution in [3.63, 3.8) is 0 Å². The minimum absolute atomic E-state index is 0.904. The van der Waals surface area contributed by atoms with E-state index in [9.17, 15) is 0 Å². The summed E-state index contributed by atoms with van der Waals surface area (Å²) in [5.74, 6) is 1.10. The van der Waals surface area contributed by atoms with Crippen LogP contribution in [0, 0.1) is 6.92 Å². The lowest BCUT2D eigenvalue weighted by Gasteiger charge is -2.30. The molecule has 4 nitrogen and oxygen atoms in total. The average Bonchev–Trinajstić information content (AvgIpc) is 2.79. The van der Waals surface area contributed by atoms with Crippen LogP contribution in [0.3, 0.4) is 0 Å². The number of piperidine rings is 1. The summed E-state index contributed by atoms with van der Waals surface area (Å²) in [7, 11) is 0. The van der Waals surface area contributed by atoms with Crippen molar-refractivity contribution in [3.8, 4) is 0 Å². The van der Waals surface area contributed by atoms with Gasteiger partial charge in [0.25, 0.3) is 0 Å². The number of thiol groups is 1. The van der Waals surface area contributed by atoms with Gasteiger partial charge in [-0.15, -0.1) is 12.6 Å². The first-order valence-corrected chi connectivity index (χ1v) is 6.49. The van der Waals surface area contributed by atoms with Crippen LogP contribution >= 0.6 is 12.6 Å². The lowest BCUT2D eigenvalue weighted by molar-refractivity contribution is 0.565. The molecule has 0 aromatic carbocycles. The topological polar surface area (TPSA) is 33.4 Å². The summed E-state index contributed by atoms with van der Waals surface area (Å²) < 4.78 is 1.90. The third-order valence-electron chi connectivity index (χ3n) is 3.36. The van der Waals surface area contributed by atoms with Crippen LogP contribution in [0.25, 0.3) is 5.65 Å². The van der Waals surface area contributed by atoms with Crippen LogP contribution in [0.15, 0.2) is 17.3 Å². The molecule has 5 heteroatoms. The second-order valence-electron chi connectivity index (χ2n) is 4.58. The largest absolute Gasteiger partial charge is 0.356 e. The molecule has 0 atom stereocenters. The molecule has 0 spiro atoms. The van der Waals surface area contributed by atoms with Gasteiger partial charge in [-0.05, 0) is 37.8 Å². The second-order valence-corrected chi connectivity index (χ2v) is 5.02. The zero-order chi connectivity index (χ0) is 11.8. The molecule has 0 radical (unpaired) electrons. The van der Waals surface area contributed by atoms with Gasteiger partial charge in [0.1, 0.15) is 12.1 Å². The molecule has 2 aromatic heterocycles. The summed E-state index contributed by atoms with van der Waals surface area (Å²) in [5.41, 5.74) is 2.07. The van der Waals surface area contributed by atoms with Gasteiger partial charge in [-0.1, -0.05) is 0 Å². The average molecular weight is 248 g/mol. The lowest BCUT2D eigenvalue weighted by Crippen LogP contribution is -2.31. The van der Waals surface area contributed by atoms with Gasteiger partial charge in [0, 0.05) is 18.0 Å². The molecule has 0 unspecified atom stereocenters. The van der Waals surface area contributed by atoms with E-state index >= 15 is 0 Å². The van der Waals surface area contributed by atoms with Gasteiger partial charge in [-0.3, -0.25) is 0 Å². The molecule has 90 valence electrons. The standard InChI is InChI=1S/C12H16N4S/c1-9-7-10-13-8-14-16(10)12(11(9)17)15-5-3-2-4-6-15/h7-8,17H,2-6H2,1H3. The van der Waals surface area contributed by atoms with Crippen LogP contribution in [-0.2, 0) is 0 Å². The van der Waals surface area contributed by atoms with Crippen molar-refractivity contribution in [3.05, 3.63) is 18.0 Å². The van der Waals surface area contributed by atoms with Gasteiger partial charge in [-0.2, -0.15) is 9.61 Å². The first-order chi connectivity index (χ1) is 8.27. The monoisotopic (exact) mass is 248 g/mol. The third kappa shape index (κ3) is 1.78. The molecule has 2 aromatic rings. The van der Waals surface area contributed by atoms with Crippen molar-refractivity contribution in [1.82, 2.24) is 14.6 Å². The molecule has 0 N–H and O–H groups in total. The predicted octanol–water partition coefficient (Wildman–Crippen LogP) is 2.32. The molecule has 3 rings (SSSR count). The molecule has 1 aliphatic rings. The SMILES string of the molecule is Cc1cc2ncnn2c(N2CCCCC2)c1S. The molecule has 17 heavy (non-hydrogen) atoms. The van der Waals surface area contributed by atoms with Crippen molar-refractivity contribution < 1.29 is 0 Å². The fourth-order valence-corrected chi connectivity index (χ4v) is 2.74. The number of hydrogen-bond acceptors (Lipinski definition) is 4. The number of nitrogens with zero attached hydrogens (tertiary/aromatic N) is 4. The molecule has 0 aliphatic carbocycles. The maximum absolute atomic E-state index is 4.64. The number of fused-ring (bicyclic) bond motifs is 1. The minimum atomic E-state index is 0.904. The highest BCUT2D eigenvalue weighted by molar-refractivity contribution is 7.80. The molecular formula is C12H16N4S. The van der Waals surface area contributed by atoms with E-state index < -0.39 is 0 Å². The molecule has 0 saturated carbocycles. The van der Waals surface area contributed by atoms with Gasteiger partial charge < -0.3 is 4.90 Å². The molecule has 0 bridgehead atoms. The Hall–Kier alpha value is -1.23. The van der Waals surface area contributed by atoms with Crippen molar-refractivity contribution in [1.29, 1.82) is 0 Å². The van der Waals surface area contributed by atoms with Crippen LogP contribution in [0.5, 0.6) is 0 Å². The minimum Gasteiger partial charge on any atom is -0.356 e. The van der Waals surface area contributed by atoms with Crippen molar-refractivity contribution >= 4 is 24.1 Å². The van der Waals surface area contributed by atoms with Gasteiger partial charge in [-0.25, -0.2) is 4.98 Å². The fraction of sp³-hybridized carbons (Fsp3) is 0.500. The van der Waals surface area contributed by atoms with E-state index in [0.29, 0.717) is 0 Å². The number of aryl methyl sites for hydroxylation is 1. The number of aromatic nitrogens is 3. The molecule has 3 heterocycles. The number of rotatable bonds is 1. The maximum Gasteiger partial charge on any atom is 0.158 e.